The molecule has 10 heteroatoms. The highest BCUT2D eigenvalue weighted by Crippen LogP contribution is 2.28. The van der Waals surface area contributed by atoms with E-state index >= 15 is 0 Å². The lowest BCUT2D eigenvalue weighted by Gasteiger charge is -2.22. The Hall–Kier alpha value is -2.20. The summed E-state index contributed by atoms with van der Waals surface area (Å²) in [6.45, 7) is -0.124. The van der Waals surface area contributed by atoms with Crippen LogP contribution in [0, 0.1) is 0 Å². The molecule has 0 aliphatic heterocycles. The summed E-state index contributed by atoms with van der Waals surface area (Å²) in [6.07, 6.45) is 0.0781. The predicted octanol–water partition coefficient (Wildman–Crippen LogP) is 1.33. The van der Waals surface area contributed by atoms with Crippen molar-refractivity contribution in [1.29, 1.82) is 0 Å². The zero-order valence-electron chi connectivity index (χ0n) is 13.3. The number of hydrogen-bond acceptors (Lipinski definition) is 5. The quantitative estimate of drug-likeness (QED) is 0.391. The predicted molar refractivity (Wildman–Crippen MR) is 82.2 cm³/mol. The van der Waals surface area contributed by atoms with Gasteiger partial charge in [0.1, 0.15) is 0 Å². The molecule has 7 nitrogen and oxygen atoms in total. The van der Waals surface area contributed by atoms with Crippen molar-refractivity contribution in [3.05, 3.63) is 24.5 Å². The Kier molecular flexibility index (Phi) is 7.78. The molecule has 0 saturated carbocycles. The summed E-state index contributed by atoms with van der Waals surface area (Å²) in [7, 11) is 0. The summed E-state index contributed by atoms with van der Waals surface area (Å²) in [6, 6.07) is 3.31. The Morgan fingerprint density at radius 1 is 1.04 bits per heavy atom. The van der Waals surface area contributed by atoms with Crippen LogP contribution in [0.15, 0.2) is 24.5 Å². The zero-order chi connectivity index (χ0) is 18.9. The average molecular weight is 363 g/mol. The molecule has 25 heavy (non-hydrogen) atoms. The van der Waals surface area contributed by atoms with Gasteiger partial charge in [-0.25, -0.2) is 0 Å². The Bertz CT molecular complexity index is 565. The van der Waals surface area contributed by atoms with Crippen molar-refractivity contribution in [2.45, 2.75) is 44.1 Å². The van der Waals surface area contributed by atoms with Gasteiger partial charge in [0.25, 0.3) is 5.91 Å². The lowest BCUT2D eigenvalue weighted by atomic mass is 10.1. The van der Waals surface area contributed by atoms with Gasteiger partial charge in [-0.2, -0.15) is 13.2 Å². The van der Waals surface area contributed by atoms with Crippen LogP contribution in [0.1, 0.15) is 32.1 Å². The largest absolute Gasteiger partial charge is 0.453 e. The molecule has 0 aromatic carbocycles. The third-order valence-corrected chi connectivity index (χ3v) is 3.29. The van der Waals surface area contributed by atoms with Crippen molar-refractivity contribution < 1.29 is 33.0 Å². The van der Waals surface area contributed by atoms with Gasteiger partial charge in [-0.05, 0) is 25.0 Å². The summed E-state index contributed by atoms with van der Waals surface area (Å²) in [5, 5.41) is 21.9. The minimum absolute atomic E-state index is 0.124. The van der Waals surface area contributed by atoms with E-state index in [0.29, 0.717) is 37.8 Å². The maximum absolute atomic E-state index is 12.2. The molecule has 1 aromatic heterocycles. The summed E-state index contributed by atoms with van der Waals surface area (Å²) in [4.78, 5) is 26.5. The molecular weight excluding hydrogens is 343 g/mol. The number of nitrogens with zero attached hydrogens (tertiary/aromatic N) is 1. The summed E-state index contributed by atoms with van der Waals surface area (Å²) in [5.74, 6) is -6.45. The molecular formula is C15H20F3N3O4. The number of hydrogen-bond donors (Lipinski definition) is 4. The first-order valence-electron chi connectivity index (χ1n) is 7.64. The van der Waals surface area contributed by atoms with Crippen molar-refractivity contribution in [3.8, 4) is 0 Å². The van der Waals surface area contributed by atoms with E-state index in [-0.39, 0.29) is 12.5 Å². The van der Waals surface area contributed by atoms with Gasteiger partial charge in [0, 0.05) is 31.0 Å². The van der Waals surface area contributed by atoms with Crippen molar-refractivity contribution in [2.75, 3.05) is 11.9 Å². The van der Waals surface area contributed by atoms with Gasteiger partial charge in [0.15, 0.2) is 0 Å². The van der Waals surface area contributed by atoms with Gasteiger partial charge in [-0.3, -0.25) is 14.6 Å². The van der Waals surface area contributed by atoms with Crippen LogP contribution in [-0.4, -0.2) is 45.5 Å². The van der Waals surface area contributed by atoms with E-state index < -0.39 is 17.9 Å². The van der Waals surface area contributed by atoms with E-state index in [0.717, 1.165) is 0 Å². The van der Waals surface area contributed by atoms with Crippen molar-refractivity contribution in [1.82, 2.24) is 10.3 Å². The summed E-state index contributed by atoms with van der Waals surface area (Å²) in [5.41, 5.74) is 0.642. The number of carbonyl (C=O) groups is 2. The van der Waals surface area contributed by atoms with Crippen LogP contribution in [0.25, 0.3) is 0 Å². The van der Waals surface area contributed by atoms with E-state index in [1.54, 1.807) is 24.5 Å². The molecule has 0 bridgehead atoms. The number of unbranched alkanes of at least 4 members (excludes halogenated alkanes) is 3. The Morgan fingerprint density at radius 3 is 2.24 bits per heavy atom. The second-order valence-corrected chi connectivity index (χ2v) is 5.37. The third-order valence-electron chi connectivity index (χ3n) is 3.29. The molecule has 1 heterocycles. The number of rotatable bonds is 9. The SMILES string of the molecule is O=C(CCCCCCNC(=O)C(O)(O)C(F)(F)F)Nc1ccncc1. The van der Waals surface area contributed by atoms with Crippen LogP contribution < -0.4 is 10.6 Å². The lowest BCUT2D eigenvalue weighted by molar-refractivity contribution is -0.328. The van der Waals surface area contributed by atoms with Crippen molar-refractivity contribution >= 4 is 17.5 Å². The average Bonchev–Trinajstić information content (AvgIpc) is 2.53. The maximum Gasteiger partial charge on any atom is 0.453 e. The maximum atomic E-state index is 12.2. The molecule has 0 atom stereocenters. The minimum Gasteiger partial charge on any atom is -0.351 e. The van der Waals surface area contributed by atoms with E-state index in [9.17, 15) is 22.8 Å². The Balaban J connectivity index is 2.11. The van der Waals surface area contributed by atoms with Gasteiger partial charge in [0.2, 0.25) is 5.91 Å². The highest BCUT2D eigenvalue weighted by molar-refractivity contribution is 5.90. The van der Waals surface area contributed by atoms with Gasteiger partial charge < -0.3 is 20.8 Å². The number of alkyl halides is 3. The molecule has 1 rings (SSSR count). The molecule has 0 unspecified atom stereocenters. The first-order valence-corrected chi connectivity index (χ1v) is 7.64. The Labute approximate surface area is 142 Å². The molecule has 0 fully saturated rings. The number of carbonyl (C=O) groups excluding carboxylic acids is 2. The molecule has 0 saturated heterocycles. The molecule has 4 N–H and O–H groups in total. The topological polar surface area (TPSA) is 112 Å². The number of anilines is 1. The monoisotopic (exact) mass is 363 g/mol. The van der Waals surface area contributed by atoms with Gasteiger partial charge in [-0.15, -0.1) is 0 Å². The first kappa shape index (κ1) is 20.8. The van der Waals surface area contributed by atoms with Crippen LogP contribution in [0.5, 0.6) is 0 Å². The molecule has 0 aliphatic rings. The molecule has 0 aliphatic carbocycles. The Morgan fingerprint density at radius 2 is 1.64 bits per heavy atom. The van der Waals surface area contributed by atoms with E-state index in [4.69, 9.17) is 10.2 Å². The number of amides is 2. The second-order valence-electron chi connectivity index (χ2n) is 5.37. The van der Waals surface area contributed by atoms with Gasteiger partial charge in [-0.1, -0.05) is 12.8 Å². The highest BCUT2D eigenvalue weighted by Gasteiger charge is 2.58. The third kappa shape index (κ3) is 7.06. The lowest BCUT2D eigenvalue weighted by Crippen LogP contribution is -2.57. The van der Waals surface area contributed by atoms with E-state index in [1.165, 1.54) is 0 Å². The fourth-order valence-corrected chi connectivity index (χ4v) is 1.88. The molecule has 140 valence electrons. The highest BCUT2D eigenvalue weighted by atomic mass is 19.4. The summed E-state index contributed by atoms with van der Waals surface area (Å²) < 4.78 is 36.6. The van der Waals surface area contributed by atoms with Crippen molar-refractivity contribution in [2.24, 2.45) is 0 Å². The van der Waals surface area contributed by atoms with Crippen LogP contribution >= 0.6 is 0 Å². The zero-order valence-corrected chi connectivity index (χ0v) is 13.3. The molecule has 0 spiro atoms. The minimum atomic E-state index is -5.46. The number of nitrogens with one attached hydrogen (secondary N) is 2. The van der Waals surface area contributed by atoms with Crippen LogP contribution in [0.2, 0.25) is 0 Å². The standard InChI is InChI=1S/C15H20F3N3O4/c16-15(17,18)14(24,25)13(23)20-8-4-2-1-3-5-12(22)21-11-6-9-19-10-7-11/h6-7,9-10,24-25H,1-5,8H2,(H,20,23)(H,19,21,22). The van der Waals surface area contributed by atoms with Crippen LogP contribution in [0.3, 0.4) is 0 Å². The number of aliphatic hydroxyl groups is 2. The van der Waals surface area contributed by atoms with Crippen LogP contribution in [-0.2, 0) is 9.59 Å². The van der Waals surface area contributed by atoms with E-state index in [1.807, 2.05) is 5.32 Å². The van der Waals surface area contributed by atoms with Gasteiger partial charge >= 0.3 is 12.0 Å². The second kappa shape index (κ2) is 9.33. The number of halogens is 3. The van der Waals surface area contributed by atoms with Crippen molar-refractivity contribution in [3.63, 3.8) is 0 Å². The normalized spacial score (nSPS) is 11.9. The fraction of sp³-hybridized carbons (Fsp3) is 0.533. The molecule has 1 aromatic rings. The first-order chi connectivity index (χ1) is 11.6. The smallest absolute Gasteiger partial charge is 0.351 e. The van der Waals surface area contributed by atoms with Gasteiger partial charge in [0.05, 0.1) is 0 Å². The number of aromatic nitrogens is 1. The number of pyridine rings is 1. The summed E-state index contributed by atoms with van der Waals surface area (Å²) >= 11 is 0. The van der Waals surface area contributed by atoms with Crippen LogP contribution in [0.4, 0.5) is 18.9 Å². The molecule has 2 amide bonds. The molecule has 0 radical (unpaired) electrons. The fourth-order valence-electron chi connectivity index (χ4n) is 1.88. The van der Waals surface area contributed by atoms with E-state index in [2.05, 4.69) is 10.3 Å².